The minimum Gasteiger partial charge on any atom is -0.476 e. The first-order chi connectivity index (χ1) is 11.9. The van der Waals surface area contributed by atoms with Crippen molar-refractivity contribution in [3.8, 4) is 0 Å². The second-order valence-electron chi connectivity index (χ2n) is 7.09. The Morgan fingerprint density at radius 2 is 1.96 bits per heavy atom. The zero-order valence-electron chi connectivity index (χ0n) is 15.3. The van der Waals surface area contributed by atoms with Crippen molar-refractivity contribution in [2.45, 2.75) is 40.0 Å². The van der Waals surface area contributed by atoms with Crippen molar-refractivity contribution in [1.82, 2.24) is 15.1 Å². The van der Waals surface area contributed by atoms with Crippen LogP contribution < -0.4 is 5.32 Å². The Morgan fingerprint density at radius 1 is 1.38 bits per heavy atom. The van der Waals surface area contributed by atoms with Gasteiger partial charge in [0.15, 0.2) is 11.9 Å². The van der Waals surface area contributed by atoms with E-state index >= 15 is 0 Å². The van der Waals surface area contributed by atoms with E-state index in [0.717, 1.165) is 9.80 Å². The largest absolute Gasteiger partial charge is 0.476 e. The average molecular weight is 369 g/mol. The Labute approximate surface area is 150 Å². The molecular weight excluding hydrogens is 346 g/mol. The lowest BCUT2D eigenvalue weighted by Crippen LogP contribution is -2.62. The van der Waals surface area contributed by atoms with Crippen molar-refractivity contribution < 1.29 is 34.1 Å². The Kier molecular flexibility index (Phi) is 5.00. The highest BCUT2D eigenvalue weighted by Gasteiger charge is 2.60. The molecule has 1 fully saturated rings. The summed E-state index contributed by atoms with van der Waals surface area (Å²) < 4.78 is 5.70. The van der Waals surface area contributed by atoms with Gasteiger partial charge in [-0.15, -0.1) is 0 Å². The molecule has 3 N–H and O–H groups in total. The summed E-state index contributed by atoms with van der Waals surface area (Å²) in [5, 5.41) is 21.8. The molecule has 2 aliphatic heterocycles. The molecule has 4 amide bonds. The molecule has 0 aliphatic carbocycles. The number of aliphatic hydroxyl groups is 1. The molecule has 0 aromatic rings. The Bertz CT molecular complexity index is 698. The predicted octanol–water partition coefficient (Wildman–Crippen LogP) is -0.308. The second-order valence-corrected chi connectivity index (χ2v) is 7.09. The molecule has 10 heteroatoms. The molecule has 0 saturated carbocycles. The van der Waals surface area contributed by atoms with Crippen LogP contribution >= 0.6 is 0 Å². The second kappa shape index (κ2) is 6.60. The summed E-state index contributed by atoms with van der Waals surface area (Å²) in [4.78, 5) is 48.9. The number of hydrogen-bond acceptors (Lipinski definition) is 6. The molecule has 3 atom stereocenters. The highest BCUT2D eigenvalue weighted by Crippen LogP contribution is 2.46. The fraction of sp³-hybridized carbons (Fsp3) is 0.625. The van der Waals surface area contributed by atoms with Gasteiger partial charge in [-0.05, 0) is 6.92 Å². The van der Waals surface area contributed by atoms with Crippen LogP contribution in [-0.4, -0.2) is 69.8 Å². The van der Waals surface area contributed by atoms with Gasteiger partial charge in [0.2, 0.25) is 11.8 Å². The summed E-state index contributed by atoms with van der Waals surface area (Å²) in [5.41, 5.74) is -1.27. The Morgan fingerprint density at radius 3 is 2.42 bits per heavy atom. The maximum atomic E-state index is 12.2. The fourth-order valence-electron chi connectivity index (χ4n) is 2.90. The fourth-order valence-corrected chi connectivity index (χ4v) is 2.90. The van der Waals surface area contributed by atoms with Gasteiger partial charge in [-0.25, -0.2) is 9.59 Å². The zero-order chi connectivity index (χ0) is 20.0. The number of aliphatic carboxylic acids is 1. The van der Waals surface area contributed by atoms with Crippen LogP contribution in [0.15, 0.2) is 11.5 Å². The van der Waals surface area contributed by atoms with Crippen molar-refractivity contribution in [3.05, 3.63) is 11.5 Å². The number of urea groups is 1. The number of β-lactam (4-membered cyclic amide) rings is 1. The highest BCUT2D eigenvalue weighted by molar-refractivity contribution is 5.99. The lowest BCUT2D eigenvalue weighted by atomic mass is 9.88. The van der Waals surface area contributed by atoms with Crippen LogP contribution in [0.4, 0.5) is 4.79 Å². The number of carbonyl (C=O) groups is 4. The lowest BCUT2D eigenvalue weighted by molar-refractivity contribution is -0.183. The molecule has 0 spiro atoms. The standard InChI is InChI=1S/C16H23N3O7/c1-7(20)9-12(22)19-10(14(23)24)11(26-13(9)19)16(3,4)6-17-15(25)18(5)8(2)21/h7,9,13,20H,6H2,1-5H3,(H,17,25)(H,23,24)/t7-,9+,13-/m1/s1. The number of aliphatic hydroxyl groups excluding tert-OH is 1. The summed E-state index contributed by atoms with van der Waals surface area (Å²) >= 11 is 0. The molecule has 0 radical (unpaired) electrons. The molecule has 144 valence electrons. The maximum absolute atomic E-state index is 12.2. The Hall–Kier alpha value is -2.62. The summed E-state index contributed by atoms with van der Waals surface area (Å²) in [6.45, 7) is 5.94. The number of ether oxygens (including phenoxy) is 1. The SMILES string of the molecule is CC(=O)N(C)C(=O)NCC(C)(C)C1=C(C(=O)O)N2C(=O)[C@H]([C@@H](C)O)[C@H]2O1. The van der Waals surface area contributed by atoms with Crippen LogP contribution in [0.3, 0.4) is 0 Å². The number of hydrogen-bond donors (Lipinski definition) is 3. The maximum Gasteiger partial charge on any atom is 0.356 e. The van der Waals surface area contributed by atoms with Gasteiger partial charge in [-0.1, -0.05) is 13.8 Å². The van der Waals surface area contributed by atoms with E-state index in [9.17, 15) is 29.4 Å². The number of amides is 4. The minimum atomic E-state index is -1.33. The summed E-state index contributed by atoms with van der Waals surface area (Å²) in [6, 6.07) is -0.637. The van der Waals surface area contributed by atoms with Crippen molar-refractivity contribution in [2.24, 2.45) is 11.3 Å². The van der Waals surface area contributed by atoms with Gasteiger partial charge in [0.05, 0.1) is 6.10 Å². The quantitative estimate of drug-likeness (QED) is 0.566. The molecule has 10 nitrogen and oxygen atoms in total. The van der Waals surface area contributed by atoms with Gasteiger partial charge in [-0.2, -0.15) is 0 Å². The molecule has 1 saturated heterocycles. The van der Waals surface area contributed by atoms with Crippen LogP contribution in [0.5, 0.6) is 0 Å². The number of carbonyl (C=O) groups excluding carboxylic acids is 3. The highest BCUT2D eigenvalue weighted by atomic mass is 16.5. The van der Waals surface area contributed by atoms with E-state index in [4.69, 9.17) is 4.74 Å². The van der Waals surface area contributed by atoms with E-state index in [1.807, 2.05) is 0 Å². The van der Waals surface area contributed by atoms with Gasteiger partial charge in [0.25, 0.3) is 0 Å². The molecule has 0 aromatic carbocycles. The molecule has 2 rings (SSSR count). The number of nitrogens with zero attached hydrogens (tertiary/aromatic N) is 2. The van der Waals surface area contributed by atoms with Crippen LogP contribution in [-0.2, 0) is 19.1 Å². The topological polar surface area (TPSA) is 136 Å². The molecule has 0 unspecified atom stereocenters. The van der Waals surface area contributed by atoms with Gasteiger partial charge in [-0.3, -0.25) is 19.4 Å². The molecule has 2 heterocycles. The third kappa shape index (κ3) is 3.12. The Balaban J connectivity index is 2.22. The van der Waals surface area contributed by atoms with Crippen molar-refractivity contribution in [3.63, 3.8) is 0 Å². The summed E-state index contributed by atoms with van der Waals surface area (Å²) in [5.74, 6) is -3.10. The average Bonchev–Trinajstić information content (AvgIpc) is 2.87. The van der Waals surface area contributed by atoms with E-state index in [0.29, 0.717) is 0 Å². The molecule has 2 aliphatic rings. The van der Waals surface area contributed by atoms with Crippen molar-refractivity contribution in [1.29, 1.82) is 0 Å². The smallest absolute Gasteiger partial charge is 0.356 e. The third-order valence-corrected chi connectivity index (χ3v) is 4.57. The van der Waals surface area contributed by atoms with Crippen LogP contribution in [0.25, 0.3) is 0 Å². The zero-order valence-corrected chi connectivity index (χ0v) is 15.3. The van der Waals surface area contributed by atoms with Gasteiger partial charge in [0.1, 0.15) is 11.7 Å². The number of carboxylic acid groups (broad SMARTS) is 1. The summed E-state index contributed by atoms with van der Waals surface area (Å²) in [6.07, 6.45) is -1.86. The predicted molar refractivity (Wildman–Crippen MR) is 87.2 cm³/mol. The van der Waals surface area contributed by atoms with Crippen LogP contribution in [0.2, 0.25) is 0 Å². The van der Waals surface area contributed by atoms with Gasteiger partial charge >= 0.3 is 12.0 Å². The van der Waals surface area contributed by atoms with E-state index in [2.05, 4.69) is 5.32 Å². The number of rotatable bonds is 5. The number of carboxylic acids is 1. The summed E-state index contributed by atoms with van der Waals surface area (Å²) in [7, 11) is 1.32. The monoisotopic (exact) mass is 369 g/mol. The third-order valence-electron chi connectivity index (χ3n) is 4.57. The number of fused-ring (bicyclic) bond motifs is 1. The van der Waals surface area contributed by atoms with Crippen molar-refractivity contribution in [2.75, 3.05) is 13.6 Å². The van der Waals surface area contributed by atoms with Crippen molar-refractivity contribution >= 4 is 23.8 Å². The van der Waals surface area contributed by atoms with Gasteiger partial charge in [0, 0.05) is 25.9 Å². The van der Waals surface area contributed by atoms with E-state index in [1.54, 1.807) is 13.8 Å². The van der Waals surface area contributed by atoms with Gasteiger partial charge < -0.3 is 20.3 Å². The van der Waals surface area contributed by atoms with Crippen LogP contribution in [0, 0.1) is 11.3 Å². The first-order valence-electron chi connectivity index (χ1n) is 8.08. The minimum absolute atomic E-state index is 0.0241. The first kappa shape index (κ1) is 19.7. The molecule has 0 bridgehead atoms. The van der Waals surface area contributed by atoms with E-state index in [-0.39, 0.29) is 18.0 Å². The molecular formula is C16H23N3O7. The number of nitrogens with one attached hydrogen (secondary N) is 1. The first-order valence-corrected chi connectivity index (χ1v) is 8.08. The van der Waals surface area contributed by atoms with E-state index in [1.165, 1.54) is 20.9 Å². The number of imide groups is 1. The lowest BCUT2D eigenvalue weighted by Gasteiger charge is -2.42. The molecule has 0 aromatic heterocycles. The van der Waals surface area contributed by atoms with E-state index < -0.39 is 47.5 Å². The molecule has 26 heavy (non-hydrogen) atoms. The normalized spacial score (nSPS) is 23.0. The van der Waals surface area contributed by atoms with Crippen LogP contribution in [0.1, 0.15) is 27.7 Å².